The largest absolute Gasteiger partial charge is 0.302 e. The van der Waals surface area contributed by atoms with Crippen LogP contribution in [0.25, 0.3) is 0 Å². The van der Waals surface area contributed by atoms with Gasteiger partial charge in [-0.25, -0.2) is 0 Å². The number of hydrogen-bond donors (Lipinski definition) is 0. The maximum absolute atomic E-state index is 8.75. The molecular formula is C12H22N2. The minimum absolute atomic E-state index is 0.166. The zero-order valence-electron chi connectivity index (χ0n) is 9.66. The van der Waals surface area contributed by atoms with Crippen LogP contribution in [0.15, 0.2) is 0 Å². The van der Waals surface area contributed by atoms with Crippen LogP contribution in [0.2, 0.25) is 0 Å². The zero-order valence-corrected chi connectivity index (χ0v) is 9.66. The van der Waals surface area contributed by atoms with Gasteiger partial charge in [-0.15, -0.1) is 0 Å². The lowest BCUT2D eigenvalue weighted by molar-refractivity contribution is 0.161. The highest BCUT2D eigenvalue weighted by Crippen LogP contribution is 2.26. The van der Waals surface area contributed by atoms with Crippen molar-refractivity contribution in [1.82, 2.24) is 4.90 Å². The molecule has 0 spiro atoms. The predicted molar refractivity (Wildman–Crippen MR) is 58.8 cm³/mol. The monoisotopic (exact) mass is 194 g/mol. The number of rotatable bonds is 3. The summed E-state index contributed by atoms with van der Waals surface area (Å²) in [5.74, 6) is 1.08. The molecular weight excluding hydrogens is 172 g/mol. The minimum atomic E-state index is 0.166. The van der Waals surface area contributed by atoms with Crippen molar-refractivity contribution in [2.45, 2.75) is 45.6 Å². The van der Waals surface area contributed by atoms with Crippen LogP contribution in [0.1, 0.15) is 39.5 Å². The van der Waals surface area contributed by atoms with Crippen molar-refractivity contribution in [3.05, 3.63) is 0 Å². The average molecular weight is 194 g/mol. The number of nitriles is 1. The van der Waals surface area contributed by atoms with E-state index in [1.807, 2.05) is 6.92 Å². The predicted octanol–water partition coefficient (Wildman–Crippen LogP) is 2.66. The summed E-state index contributed by atoms with van der Waals surface area (Å²) in [7, 11) is 2.16. The fourth-order valence-electron chi connectivity index (χ4n) is 2.31. The first-order chi connectivity index (χ1) is 6.63. The van der Waals surface area contributed by atoms with Crippen LogP contribution in [0.4, 0.5) is 0 Å². The van der Waals surface area contributed by atoms with E-state index in [0.29, 0.717) is 0 Å². The van der Waals surface area contributed by atoms with Crippen molar-refractivity contribution in [1.29, 1.82) is 5.26 Å². The molecule has 0 aromatic heterocycles. The van der Waals surface area contributed by atoms with Crippen molar-refractivity contribution in [2.24, 2.45) is 11.8 Å². The Morgan fingerprint density at radius 2 is 1.93 bits per heavy atom. The Bertz CT molecular complexity index is 199. The normalized spacial score (nSPS) is 29.9. The summed E-state index contributed by atoms with van der Waals surface area (Å²) in [4.78, 5) is 2.37. The summed E-state index contributed by atoms with van der Waals surface area (Å²) in [5.41, 5.74) is 0. The minimum Gasteiger partial charge on any atom is -0.302 e. The average Bonchev–Trinajstić information content (AvgIpc) is 2.18. The summed E-state index contributed by atoms with van der Waals surface area (Å²) < 4.78 is 0. The van der Waals surface area contributed by atoms with Crippen molar-refractivity contribution in [3.63, 3.8) is 0 Å². The summed E-state index contributed by atoms with van der Waals surface area (Å²) in [6.07, 6.45) is 5.34. The van der Waals surface area contributed by atoms with Gasteiger partial charge in [0.2, 0.25) is 0 Å². The van der Waals surface area contributed by atoms with Crippen LogP contribution in [0.5, 0.6) is 0 Å². The molecule has 2 heteroatoms. The molecule has 0 N–H and O–H groups in total. The Morgan fingerprint density at radius 1 is 1.36 bits per heavy atom. The fraction of sp³-hybridized carbons (Fsp3) is 0.917. The molecule has 2 nitrogen and oxygen atoms in total. The van der Waals surface area contributed by atoms with Gasteiger partial charge < -0.3 is 4.90 Å². The first-order valence-corrected chi connectivity index (χ1v) is 5.73. The van der Waals surface area contributed by atoms with Gasteiger partial charge in [-0.1, -0.05) is 6.92 Å². The van der Waals surface area contributed by atoms with E-state index in [9.17, 15) is 0 Å². The van der Waals surface area contributed by atoms with Gasteiger partial charge in [0.1, 0.15) is 0 Å². The van der Waals surface area contributed by atoms with Gasteiger partial charge >= 0.3 is 0 Å². The van der Waals surface area contributed by atoms with Crippen molar-refractivity contribution in [2.75, 3.05) is 13.6 Å². The molecule has 0 bridgehead atoms. The third kappa shape index (κ3) is 3.31. The maximum Gasteiger partial charge on any atom is 0.0666 e. The van der Waals surface area contributed by atoms with Crippen LogP contribution in [0.3, 0.4) is 0 Å². The summed E-state index contributed by atoms with van der Waals surface area (Å²) in [5, 5.41) is 8.75. The second kappa shape index (κ2) is 5.36. The number of nitrogens with zero attached hydrogens (tertiary/aromatic N) is 2. The summed E-state index contributed by atoms with van der Waals surface area (Å²) in [6, 6.07) is 3.03. The van der Waals surface area contributed by atoms with E-state index >= 15 is 0 Å². The van der Waals surface area contributed by atoms with Crippen molar-refractivity contribution in [3.8, 4) is 6.07 Å². The lowest BCUT2D eigenvalue weighted by Gasteiger charge is -2.34. The Kier molecular flexibility index (Phi) is 4.41. The van der Waals surface area contributed by atoms with E-state index in [1.165, 1.54) is 25.7 Å². The van der Waals surface area contributed by atoms with Gasteiger partial charge in [0, 0.05) is 12.6 Å². The van der Waals surface area contributed by atoms with E-state index in [4.69, 9.17) is 5.26 Å². The van der Waals surface area contributed by atoms with E-state index < -0.39 is 0 Å². The summed E-state index contributed by atoms with van der Waals surface area (Å²) in [6.45, 7) is 5.27. The van der Waals surface area contributed by atoms with Crippen molar-refractivity contribution >= 4 is 0 Å². The first-order valence-electron chi connectivity index (χ1n) is 5.73. The van der Waals surface area contributed by atoms with E-state index in [0.717, 1.165) is 18.5 Å². The van der Waals surface area contributed by atoms with Gasteiger partial charge in [-0.3, -0.25) is 0 Å². The quantitative estimate of drug-likeness (QED) is 0.690. The van der Waals surface area contributed by atoms with Crippen LogP contribution < -0.4 is 0 Å². The van der Waals surface area contributed by atoms with Crippen LogP contribution in [-0.2, 0) is 0 Å². The van der Waals surface area contributed by atoms with Gasteiger partial charge in [-0.2, -0.15) is 5.26 Å². The molecule has 1 atom stereocenters. The zero-order chi connectivity index (χ0) is 10.6. The molecule has 1 saturated carbocycles. The highest BCUT2D eigenvalue weighted by molar-refractivity contribution is 4.84. The first kappa shape index (κ1) is 11.5. The Morgan fingerprint density at radius 3 is 2.43 bits per heavy atom. The van der Waals surface area contributed by atoms with Crippen LogP contribution >= 0.6 is 0 Å². The molecule has 80 valence electrons. The van der Waals surface area contributed by atoms with Gasteiger partial charge in [-0.05, 0) is 45.6 Å². The molecule has 14 heavy (non-hydrogen) atoms. The lowest BCUT2D eigenvalue weighted by Crippen LogP contribution is -2.37. The molecule has 0 aromatic rings. The second-order valence-corrected chi connectivity index (χ2v) is 4.88. The third-order valence-corrected chi connectivity index (χ3v) is 3.39. The molecule has 0 amide bonds. The standard InChI is InChI=1S/C12H22N2/c1-10-4-6-12(7-5-10)14(3)9-11(2)8-13/h10-12H,4-7,9H2,1-3H3. The maximum atomic E-state index is 8.75. The smallest absolute Gasteiger partial charge is 0.0666 e. The molecule has 0 radical (unpaired) electrons. The van der Waals surface area contributed by atoms with Crippen LogP contribution in [0, 0.1) is 23.2 Å². The van der Waals surface area contributed by atoms with E-state index in [2.05, 4.69) is 24.9 Å². The Balaban J connectivity index is 2.31. The van der Waals surface area contributed by atoms with Gasteiger partial charge in [0.25, 0.3) is 0 Å². The highest BCUT2D eigenvalue weighted by Gasteiger charge is 2.22. The van der Waals surface area contributed by atoms with Gasteiger partial charge in [0.15, 0.2) is 0 Å². The molecule has 0 aromatic carbocycles. The highest BCUT2D eigenvalue weighted by atomic mass is 15.1. The topological polar surface area (TPSA) is 27.0 Å². The third-order valence-electron chi connectivity index (χ3n) is 3.39. The molecule has 0 aliphatic heterocycles. The lowest BCUT2D eigenvalue weighted by atomic mass is 9.86. The Hall–Kier alpha value is -0.550. The van der Waals surface area contributed by atoms with Crippen LogP contribution in [-0.4, -0.2) is 24.5 Å². The summed E-state index contributed by atoms with van der Waals surface area (Å²) >= 11 is 0. The van der Waals surface area contributed by atoms with Gasteiger partial charge in [0.05, 0.1) is 12.0 Å². The molecule has 1 rings (SSSR count). The van der Waals surface area contributed by atoms with E-state index in [1.54, 1.807) is 0 Å². The number of hydrogen-bond acceptors (Lipinski definition) is 2. The van der Waals surface area contributed by atoms with Crippen molar-refractivity contribution < 1.29 is 0 Å². The molecule has 0 saturated heterocycles. The molecule has 0 heterocycles. The second-order valence-electron chi connectivity index (χ2n) is 4.88. The molecule has 1 unspecified atom stereocenters. The molecule has 1 aliphatic rings. The molecule has 1 fully saturated rings. The Labute approximate surface area is 87.9 Å². The fourth-order valence-corrected chi connectivity index (χ4v) is 2.31. The SMILES string of the molecule is CC(C#N)CN(C)C1CCC(C)CC1. The molecule has 1 aliphatic carbocycles. The van der Waals surface area contributed by atoms with E-state index in [-0.39, 0.29) is 5.92 Å².